The molecule has 0 saturated carbocycles. The SMILES string of the molecule is COc1cc(C(=O)OCC(=O)OC(C)(C)C)cc(CN2C(=O)c3ccccc3C2=O)c1OC. The van der Waals surface area contributed by atoms with E-state index in [0.29, 0.717) is 16.7 Å². The number of esters is 2. The van der Waals surface area contributed by atoms with E-state index in [9.17, 15) is 19.2 Å². The van der Waals surface area contributed by atoms with Crippen LogP contribution < -0.4 is 9.47 Å². The molecule has 3 rings (SSSR count). The third kappa shape index (κ3) is 5.14. The minimum Gasteiger partial charge on any atom is -0.493 e. The van der Waals surface area contributed by atoms with Crippen molar-refractivity contribution in [3.8, 4) is 11.5 Å². The summed E-state index contributed by atoms with van der Waals surface area (Å²) in [7, 11) is 2.80. The Morgan fingerprint density at radius 1 is 0.939 bits per heavy atom. The van der Waals surface area contributed by atoms with E-state index < -0.39 is 36.0 Å². The summed E-state index contributed by atoms with van der Waals surface area (Å²) in [5.41, 5.74) is 0.313. The zero-order valence-corrected chi connectivity index (χ0v) is 19.1. The highest BCUT2D eigenvalue weighted by atomic mass is 16.6. The zero-order chi connectivity index (χ0) is 24.3. The molecule has 0 aliphatic carbocycles. The quantitative estimate of drug-likeness (QED) is 0.463. The van der Waals surface area contributed by atoms with Crippen molar-refractivity contribution in [2.45, 2.75) is 32.9 Å². The number of amides is 2. The van der Waals surface area contributed by atoms with E-state index >= 15 is 0 Å². The number of ether oxygens (including phenoxy) is 4. The van der Waals surface area contributed by atoms with Crippen molar-refractivity contribution in [1.82, 2.24) is 4.90 Å². The van der Waals surface area contributed by atoms with E-state index in [2.05, 4.69) is 0 Å². The molecule has 0 atom stereocenters. The number of carbonyl (C=O) groups is 4. The molecule has 9 heteroatoms. The molecule has 174 valence electrons. The Bertz CT molecular complexity index is 1080. The minimum absolute atomic E-state index is 0.0582. The van der Waals surface area contributed by atoms with Crippen LogP contribution >= 0.6 is 0 Å². The molecule has 33 heavy (non-hydrogen) atoms. The molecular formula is C24H25NO8. The highest BCUT2D eigenvalue weighted by Crippen LogP contribution is 2.35. The zero-order valence-electron chi connectivity index (χ0n) is 19.1. The number of nitrogens with zero attached hydrogens (tertiary/aromatic N) is 1. The molecule has 0 bridgehead atoms. The lowest BCUT2D eigenvalue weighted by molar-refractivity contribution is -0.158. The fraction of sp³-hybridized carbons (Fsp3) is 0.333. The molecular weight excluding hydrogens is 430 g/mol. The van der Waals surface area contributed by atoms with E-state index in [4.69, 9.17) is 18.9 Å². The van der Waals surface area contributed by atoms with Crippen molar-refractivity contribution in [2.75, 3.05) is 20.8 Å². The monoisotopic (exact) mass is 455 g/mol. The van der Waals surface area contributed by atoms with Crippen molar-refractivity contribution in [1.29, 1.82) is 0 Å². The van der Waals surface area contributed by atoms with Crippen LogP contribution in [0.25, 0.3) is 0 Å². The van der Waals surface area contributed by atoms with Crippen LogP contribution in [-0.4, -0.2) is 55.1 Å². The van der Waals surface area contributed by atoms with Crippen molar-refractivity contribution >= 4 is 23.8 Å². The van der Waals surface area contributed by atoms with Crippen molar-refractivity contribution < 1.29 is 38.1 Å². The van der Waals surface area contributed by atoms with E-state index in [1.54, 1.807) is 45.0 Å². The summed E-state index contributed by atoms with van der Waals surface area (Å²) >= 11 is 0. The lowest BCUT2D eigenvalue weighted by Crippen LogP contribution is -2.29. The molecule has 0 radical (unpaired) electrons. The Morgan fingerprint density at radius 2 is 1.55 bits per heavy atom. The van der Waals surface area contributed by atoms with Gasteiger partial charge in [0.2, 0.25) is 0 Å². The van der Waals surface area contributed by atoms with Gasteiger partial charge in [0.15, 0.2) is 18.1 Å². The molecule has 2 aromatic rings. The molecule has 0 fully saturated rings. The van der Waals surface area contributed by atoms with Gasteiger partial charge in [-0.05, 0) is 45.0 Å². The summed E-state index contributed by atoms with van der Waals surface area (Å²) in [5.74, 6) is -1.93. The van der Waals surface area contributed by atoms with Gasteiger partial charge in [-0.2, -0.15) is 0 Å². The van der Waals surface area contributed by atoms with Crippen molar-refractivity contribution in [3.63, 3.8) is 0 Å². The van der Waals surface area contributed by atoms with Crippen LogP contribution in [0.4, 0.5) is 0 Å². The summed E-state index contributed by atoms with van der Waals surface area (Å²) in [6.45, 7) is 4.38. The molecule has 1 aliphatic heterocycles. The first-order valence-corrected chi connectivity index (χ1v) is 10.1. The van der Waals surface area contributed by atoms with Gasteiger partial charge in [0.05, 0.1) is 37.5 Å². The number of imide groups is 1. The summed E-state index contributed by atoms with van der Waals surface area (Å²) in [6, 6.07) is 9.34. The summed E-state index contributed by atoms with van der Waals surface area (Å²) < 4.78 is 20.9. The van der Waals surface area contributed by atoms with Gasteiger partial charge >= 0.3 is 11.9 Å². The number of methoxy groups -OCH3 is 2. The van der Waals surface area contributed by atoms with Crippen LogP contribution in [0.15, 0.2) is 36.4 Å². The van der Waals surface area contributed by atoms with Crippen LogP contribution in [0.1, 0.15) is 57.4 Å². The maximum absolute atomic E-state index is 12.8. The molecule has 0 saturated heterocycles. The Morgan fingerprint density at radius 3 is 2.06 bits per heavy atom. The van der Waals surface area contributed by atoms with Gasteiger partial charge in [0.25, 0.3) is 11.8 Å². The number of carbonyl (C=O) groups excluding carboxylic acids is 4. The smallest absolute Gasteiger partial charge is 0.344 e. The van der Waals surface area contributed by atoms with Crippen molar-refractivity contribution in [3.05, 3.63) is 58.7 Å². The van der Waals surface area contributed by atoms with Gasteiger partial charge in [0, 0.05) is 5.56 Å². The molecule has 9 nitrogen and oxygen atoms in total. The van der Waals surface area contributed by atoms with Crippen LogP contribution in [0.5, 0.6) is 11.5 Å². The molecule has 1 heterocycles. The summed E-state index contributed by atoms with van der Waals surface area (Å²) in [4.78, 5) is 51.1. The molecule has 0 N–H and O–H groups in total. The van der Waals surface area contributed by atoms with E-state index in [0.717, 1.165) is 4.90 Å². The Balaban J connectivity index is 1.86. The normalized spacial score (nSPS) is 12.9. The van der Waals surface area contributed by atoms with Crippen molar-refractivity contribution in [2.24, 2.45) is 0 Å². The van der Waals surface area contributed by atoms with E-state index in [1.807, 2.05) is 0 Å². The van der Waals surface area contributed by atoms with Gasteiger partial charge in [-0.15, -0.1) is 0 Å². The molecule has 0 spiro atoms. The number of hydrogen-bond acceptors (Lipinski definition) is 8. The third-order valence-corrected chi connectivity index (χ3v) is 4.74. The first-order valence-electron chi connectivity index (χ1n) is 10.1. The number of hydrogen-bond donors (Lipinski definition) is 0. The highest BCUT2D eigenvalue weighted by molar-refractivity contribution is 6.21. The second-order valence-electron chi connectivity index (χ2n) is 8.28. The topological polar surface area (TPSA) is 108 Å². The molecule has 2 aromatic carbocycles. The minimum atomic E-state index is -0.801. The first-order chi connectivity index (χ1) is 15.6. The van der Waals surface area contributed by atoms with Gasteiger partial charge in [-0.3, -0.25) is 14.5 Å². The van der Waals surface area contributed by atoms with E-state index in [1.165, 1.54) is 26.4 Å². The average Bonchev–Trinajstić information content (AvgIpc) is 3.00. The van der Waals surface area contributed by atoms with Gasteiger partial charge in [-0.1, -0.05) is 12.1 Å². The molecule has 0 unspecified atom stereocenters. The van der Waals surface area contributed by atoms with Crippen LogP contribution in [0, 0.1) is 0 Å². The molecule has 1 aliphatic rings. The summed E-state index contributed by atoms with van der Waals surface area (Å²) in [5, 5.41) is 0. The predicted molar refractivity (Wildman–Crippen MR) is 116 cm³/mol. The first kappa shape index (κ1) is 23.8. The van der Waals surface area contributed by atoms with Crippen LogP contribution in [0.2, 0.25) is 0 Å². The largest absolute Gasteiger partial charge is 0.493 e. The standard InChI is InChI=1S/C24H25NO8/c1-24(2,3)33-19(26)13-32-23(29)14-10-15(20(31-5)18(11-14)30-4)12-25-21(27)16-8-6-7-9-17(16)22(25)28/h6-11H,12-13H2,1-5H3. The number of rotatable bonds is 7. The van der Waals surface area contributed by atoms with Crippen LogP contribution in [-0.2, 0) is 20.8 Å². The van der Waals surface area contributed by atoms with E-state index in [-0.39, 0.29) is 23.6 Å². The average molecular weight is 455 g/mol. The highest BCUT2D eigenvalue weighted by Gasteiger charge is 2.36. The molecule has 0 aromatic heterocycles. The Kier molecular flexibility index (Phi) is 6.71. The maximum atomic E-state index is 12.8. The lowest BCUT2D eigenvalue weighted by atomic mass is 10.1. The Hall–Kier alpha value is -3.88. The summed E-state index contributed by atoms with van der Waals surface area (Å²) in [6.07, 6.45) is 0. The number of benzene rings is 2. The van der Waals surface area contributed by atoms with Gasteiger partial charge in [0.1, 0.15) is 5.60 Å². The maximum Gasteiger partial charge on any atom is 0.344 e. The van der Waals surface area contributed by atoms with Gasteiger partial charge < -0.3 is 18.9 Å². The fourth-order valence-corrected chi connectivity index (χ4v) is 3.41. The van der Waals surface area contributed by atoms with Gasteiger partial charge in [-0.25, -0.2) is 9.59 Å². The molecule has 2 amide bonds. The predicted octanol–water partition coefficient (Wildman–Crippen LogP) is 3.00. The second kappa shape index (κ2) is 9.32. The second-order valence-corrected chi connectivity index (χ2v) is 8.28. The third-order valence-electron chi connectivity index (χ3n) is 4.74. The Labute approximate surface area is 191 Å². The fourth-order valence-electron chi connectivity index (χ4n) is 3.41. The van der Waals surface area contributed by atoms with Crippen LogP contribution in [0.3, 0.4) is 0 Å². The lowest BCUT2D eigenvalue weighted by Gasteiger charge is -2.20. The number of fused-ring (bicyclic) bond motifs is 1.